The third kappa shape index (κ3) is 5.80. The fourth-order valence-electron chi connectivity index (χ4n) is 3.20. The molecule has 4 nitrogen and oxygen atoms in total. The maximum atomic E-state index is 13.0. The summed E-state index contributed by atoms with van der Waals surface area (Å²) in [5, 5.41) is 1.37. The first kappa shape index (κ1) is 22.3. The van der Waals surface area contributed by atoms with Crippen molar-refractivity contribution in [3.63, 3.8) is 0 Å². The van der Waals surface area contributed by atoms with Gasteiger partial charge in [0.1, 0.15) is 5.75 Å². The standard InChI is InChI=1S/C24H26Cl2N2O2/c1-3-18(2)28(24(29)17-30-22-12-10-20(25)11-13-22)16-21-8-6-14-27(21)15-19-7-4-5-9-23(19)26/h4-14,18H,3,15-17H2,1-2H3. The zero-order valence-electron chi connectivity index (χ0n) is 17.2. The van der Waals surface area contributed by atoms with Crippen LogP contribution in [0.1, 0.15) is 31.5 Å². The van der Waals surface area contributed by atoms with Gasteiger partial charge in [-0.25, -0.2) is 0 Å². The van der Waals surface area contributed by atoms with Crippen LogP contribution in [0.25, 0.3) is 0 Å². The van der Waals surface area contributed by atoms with Gasteiger partial charge in [0, 0.05) is 34.5 Å². The molecule has 0 aliphatic carbocycles. The van der Waals surface area contributed by atoms with Crippen molar-refractivity contribution in [2.24, 2.45) is 0 Å². The minimum atomic E-state index is -0.0511. The number of benzene rings is 2. The number of halogens is 2. The predicted molar refractivity (Wildman–Crippen MR) is 122 cm³/mol. The number of carbonyl (C=O) groups is 1. The van der Waals surface area contributed by atoms with Crippen molar-refractivity contribution >= 4 is 29.1 Å². The molecule has 1 heterocycles. The second-order valence-corrected chi connectivity index (χ2v) is 8.08. The zero-order valence-corrected chi connectivity index (χ0v) is 18.7. The van der Waals surface area contributed by atoms with Crippen molar-refractivity contribution in [1.29, 1.82) is 0 Å². The van der Waals surface area contributed by atoms with Crippen LogP contribution >= 0.6 is 23.2 Å². The van der Waals surface area contributed by atoms with E-state index in [1.54, 1.807) is 24.3 Å². The summed E-state index contributed by atoms with van der Waals surface area (Å²) in [5.41, 5.74) is 2.10. The van der Waals surface area contributed by atoms with E-state index < -0.39 is 0 Å². The Kier molecular flexibility index (Phi) is 7.83. The maximum Gasteiger partial charge on any atom is 0.261 e. The Hall–Kier alpha value is -2.43. The predicted octanol–water partition coefficient (Wildman–Crippen LogP) is 6.05. The monoisotopic (exact) mass is 444 g/mol. The topological polar surface area (TPSA) is 34.5 Å². The molecule has 6 heteroatoms. The van der Waals surface area contributed by atoms with Gasteiger partial charge in [0.25, 0.3) is 5.91 Å². The third-order valence-corrected chi connectivity index (χ3v) is 5.79. The van der Waals surface area contributed by atoms with Crippen LogP contribution in [0.2, 0.25) is 10.0 Å². The second-order valence-electron chi connectivity index (χ2n) is 7.24. The molecule has 2 aromatic carbocycles. The van der Waals surface area contributed by atoms with Crippen molar-refractivity contribution in [2.45, 2.75) is 39.4 Å². The van der Waals surface area contributed by atoms with Gasteiger partial charge in [0.2, 0.25) is 0 Å². The molecule has 1 unspecified atom stereocenters. The normalized spacial score (nSPS) is 11.9. The lowest BCUT2D eigenvalue weighted by Gasteiger charge is -2.29. The molecular weight excluding hydrogens is 419 g/mol. The highest BCUT2D eigenvalue weighted by Gasteiger charge is 2.21. The highest BCUT2D eigenvalue weighted by molar-refractivity contribution is 6.31. The number of carbonyl (C=O) groups excluding carboxylic acids is 1. The molecule has 0 saturated heterocycles. The summed E-state index contributed by atoms with van der Waals surface area (Å²) in [4.78, 5) is 14.8. The Morgan fingerprint density at radius 1 is 1.07 bits per heavy atom. The third-order valence-electron chi connectivity index (χ3n) is 5.17. The van der Waals surface area contributed by atoms with Gasteiger partial charge in [0.15, 0.2) is 6.61 Å². The van der Waals surface area contributed by atoms with Crippen molar-refractivity contribution in [2.75, 3.05) is 6.61 Å². The van der Waals surface area contributed by atoms with Crippen molar-refractivity contribution in [1.82, 2.24) is 9.47 Å². The van der Waals surface area contributed by atoms with Gasteiger partial charge < -0.3 is 14.2 Å². The second kappa shape index (κ2) is 10.6. The molecule has 0 radical (unpaired) electrons. The summed E-state index contributed by atoms with van der Waals surface area (Å²) in [7, 11) is 0. The van der Waals surface area contributed by atoms with Crippen LogP contribution in [-0.4, -0.2) is 28.0 Å². The number of rotatable bonds is 9. The Bertz CT molecular complexity index is 969. The maximum absolute atomic E-state index is 13.0. The minimum Gasteiger partial charge on any atom is -0.484 e. The van der Waals surface area contributed by atoms with Crippen LogP contribution in [0.3, 0.4) is 0 Å². The van der Waals surface area contributed by atoms with E-state index in [-0.39, 0.29) is 18.6 Å². The van der Waals surface area contributed by atoms with Crippen LogP contribution in [0.15, 0.2) is 66.9 Å². The molecule has 1 atom stereocenters. The first-order valence-electron chi connectivity index (χ1n) is 10.0. The van der Waals surface area contributed by atoms with Gasteiger partial charge in [-0.15, -0.1) is 0 Å². The summed E-state index contributed by atoms with van der Waals surface area (Å²) < 4.78 is 7.81. The van der Waals surface area contributed by atoms with E-state index in [2.05, 4.69) is 18.4 Å². The van der Waals surface area contributed by atoms with E-state index in [1.807, 2.05) is 47.5 Å². The van der Waals surface area contributed by atoms with E-state index in [1.165, 1.54) is 0 Å². The average Bonchev–Trinajstić information content (AvgIpc) is 3.19. The lowest BCUT2D eigenvalue weighted by molar-refractivity contribution is -0.136. The quantitative estimate of drug-likeness (QED) is 0.402. The SMILES string of the molecule is CCC(C)N(Cc1cccn1Cc1ccccc1Cl)C(=O)COc1ccc(Cl)cc1. The summed E-state index contributed by atoms with van der Waals surface area (Å²) in [6.07, 6.45) is 2.88. The summed E-state index contributed by atoms with van der Waals surface area (Å²) in [5.74, 6) is 0.573. The molecule has 0 N–H and O–H groups in total. The van der Waals surface area contributed by atoms with Gasteiger partial charge in [-0.2, -0.15) is 0 Å². The Morgan fingerprint density at radius 3 is 2.50 bits per heavy atom. The van der Waals surface area contributed by atoms with Crippen LogP contribution in [-0.2, 0) is 17.9 Å². The van der Waals surface area contributed by atoms with Gasteiger partial charge in [0.05, 0.1) is 6.54 Å². The number of aromatic nitrogens is 1. The fourth-order valence-corrected chi connectivity index (χ4v) is 3.52. The van der Waals surface area contributed by atoms with E-state index in [4.69, 9.17) is 27.9 Å². The molecule has 30 heavy (non-hydrogen) atoms. The lowest BCUT2D eigenvalue weighted by atomic mass is 10.2. The Morgan fingerprint density at radius 2 is 1.80 bits per heavy atom. The number of hydrogen-bond donors (Lipinski definition) is 0. The molecule has 158 valence electrons. The molecule has 3 rings (SSSR count). The molecule has 0 fully saturated rings. The zero-order chi connectivity index (χ0) is 21.5. The minimum absolute atomic E-state index is 0.0167. The van der Waals surface area contributed by atoms with Crippen LogP contribution in [0, 0.1) is 0 Å². The van der Waals surface area contributed by atoms with E-state index in [0.717, 1.165) is 22.7 Å². The van der Waals surface area contributed by atoms with Gasteiger partial charge in [-0.05, 0) is 61.4 Å². The van der Waals surface area contributed by atoms with Crippen LogP contribution in [0.5, 0.6) is 5.75 Å². The van der Waals surface area contributed by atoms with Crippen molar-refractivity contribution in [3.8, 4) is 5.75 Å². The van der Waals surface area contributed by atoms with Crippen LogP contribution < -0.4 is 4.74 Å². The average molecular weight is 445 g/mol. The van der Waals surface area contributed by atoms with Gasteiger partial charge in [-0.1, -0.05) is 48.3 Å². The highest BCUT2D eigenvalue weighted by atomic mass is 35.5. The molecule has 0 spiro atoms. The number of ether oxygens (including phenoxy) is 1. The number of hydrogen-bond acceptors (Lipinski definition) is 2. The molecule has 3 aromatic rings. The molecule has 0 aliphatic heterocycles. The molecular formula is C24H26Cl2N2O2. The molecule has 1 amide bonds. The van der Waals surface area contributed by atoms with Gasteiger partial charge >= 0.3 is 0 Å². The number of amides is 1. The molecule has 0 aliphatic rings. The first-order chi connectivity index (χ1) is 14.5. The van der Waals surface area contributed by atoms with Crippen molar-refractivity contribution < 1.29 is 9.53 Å². The lowest BCUT2D eigenvalue weighted by Crippen LogP contribution is -2.41. The smallest absolute Gasteiger partial charge is 0.261 e. The van der Waals surface area contributed by atoms with Crippen molar-refractivity contribution in [3.05, 3.63) is 88.2 Å². The van der Waals surface area contributed by atoms with Gasteiger partial charge in [-0.3, -0.25) is 4.79 Å². The largest absolute Gasteiger partial charge is 0.484 e. The summed E-state index contributed by atoms with van der Waals surface area (Å²) >= 11 is 12.2. The number of nitrogens with zero attached hydrogens (tertiary/aromatic N) is 2. The van der Waals surface area contributed by atoms with E-state index >= 15 is 0 Å². The Balaban J connectivity index is 1.71. The fraction of sp³-hybridized carbons (Fsp3) is 0.292. The molecule has 0 saturated carbocycles. The van der Waals surface area contributed by atoms with Crippen LogP contribution in [0.4, 0.5) is 0 Å². The van der Waals surface area contributed by atoms with E-state index in [0.29, 0.717) is 23.9 Å². The summed E-state index contributed by atoms with van der Waals surface area (Å²) in [6, 6.07) is 19.0. The molecule has 0 bridgehead atoms. The summed E-state index contributed by atoms with van der Waals surface area (Å²) in [6.45, 7) is 5.29. The highest BCUT2D eigenvalue weighted by Crippen LogP contribution is 2.20. The van der Waals surface area contributed by atoms with E-state index in [9.17, 15) is 4.79 Å². The molecule has 1 aromatic heterocycles. The first-order valence-corrected chi connectivity index (χ1v) is 10.8. The Labute approximate surface area is 188 Å².